The zero-order chi connectivity index (χ0) is 21.6. The van der Waals surface area contributed by atoms with Crippen molar-refractivity contribution < 1.29 is 44.9 Å². The molecule has 1 saturated heterocycles. The highest BCUT2D eigenvalue weighted by Crippen LogP contribution is 2.38. The van der Waals surface area contributed by atoms with Gasteiger partial charge in [0.05, 0.1) is 13.2 Å². The van der Waals surface area contributed by atoms with Crippen molar-refractivity contribution in [3.63, 3.8) is 0 Å². The first kappa shape index (κ1) is 23.8. The molecule has 0 aromatic carbocycles. The molecule has 0 bridgehead atoms. The third kappa shape index (κ3) is 5.36. The molecule has 6 N–H and O–H groups in total. The molecule has 166 valence electrons. The molecule has 0 saturated carbocycles. The van der Waals surface area contributed by atoms with Crippen molar-refractivity contribution in [2.45, 2.75) is 75.1 Å². The number of carbonyl (C=O) groups excluding carboxylic acids is 1. The lowest BCUT2D eigenvalue weighted by Gasteiger charge is -2.47. The van der Waals surface area contributed by atoms with Crippen LogP contribution in [0.5, 0.6) is 0 Å². The van der Waals surface area contributed by atoms with Crippen molar-refractivity contribution in [1.82, 2.24) is 0 Å². The summed E-state index contributed by atoms with van der Waals surface area (Å²) in [6.07, 6.45) is 0.199. The standard InChI is InChI=1S/C20H32O9/c1-2-3-4-5-6-9-28-19(26)13-10-12(22)7-8-20(13,27)18-17(25)16(24)15(23)14(11-21)29-18/h7-8,10,13-18,21-25,27H,2-6,9,11H2,1H3/t13?,14-,15-,16+,17-,18-,20?/m1/s1. The number of aliphatic hydroxyl groups is 6. The third-order valence-electron chi connectivity index (χ3n) is 5.45. The fourth-order valence-corrected chi connectivity index (χ4v) is 3.66. The average molecular weight is 416 g/mol. The molecule has 2 rings (SSSR count). The molecule has 0 radical (unpaired) electrons. The first-order valence-electron chi connectivity index (χ1n) is 10.1. The van der Waals surface area contributed by atoms with Gasteiger partial charge in [0.15, 0.2) is 0 Å². The maximum atomic E-state index is 12.6. The average Bonchev–Trinajstić information content (AvgIpc) is 2.70. The number of aliphatic hydroxyl groups excluding tert-OH is 5. The molecule has 9 nitrogen and oxygen atoms in total. The van der Waals surface area contributed by atoms with Crippen LogP contribution in [-0.4, -0.2) is 85.9 Å². The molecule has 7 atom stereocenters. The van der Waals surface area contributed by atoms with E-state index < -0.39 is 54.6 Å². The van der Waals surface area contributed by atoms with E-state index in [1.807, 2.05) is 0 Å². The fraction of sp³-hybridized carbons (Fsp3) is 0.750. The van der Waals surface area contributed by atoms with Gasteiger partial charge in [0.1, 0.15) is 47.8 Å². The Hall–Kier alpha value is -1.49. The van der Waals surface area contributed by atoms with E-state index in [1.165, 1.54) is 0 Å². The summed E-state index contributed by atoms with van der Waals surface area (Å²) in [5.74, 6) is -2.51. The molecular formula is C20H32O9. The molecular weight excluding hydrogens is 384 g/mol. The second-order valence-corrected chi connectivity index (χ2v) is 7.62. The van der Waals surface area contributed by atoms with Crippen molar-refractivity contribution in [2.24, 2.45) is 5.92 Å². The van der Waals surface area contributed by atoms with E-state index in [-0.39, 0.29) is 12.4 Å². The summed E-state index contributed by atoms with van der Waals surface area (Å²) in [7, 11) is 0. The van der Waals surface area contributed by atoms with Crippen LogP contribution in [0, 0.1) is 5.92 Å². The predicted molar refractivity (Wildman–Crippen MR) is 102 cm³/mol. The maximum absolute atomic E-state index is 12.6. The molecule has 0 aromatic rings. The Kier molecular flexibility index (Phi) is 8.62. The second kappa shape index (κ2) is 10.5. The summed E-state index contributed by atoms with van der Waals surface area (Å²) in [6.45, 7) is 1.56. The highest BCUT2D eigenvalue weighted by atomic mass is 16.6. The van der Waals surface area contributed by atoms with Crippen LogP contribution in [-0.2, 0) is 14.3 Å². The van der Waals surface area contributed by atoms with E-state index in [0.29, 0.717) is 6.42 Å². The van der Waals surface area contributed by atoms with Gasteiger partial charge in [-0.05, 0) is 24.6 Å². The summed E-state index contributed by atoms with van der Waals surface area (Å²) in [4.78, 5) is 12.6. The van der Waals surface area contributed by atoms with Gasteiger partial charge in [-0.25, -0.2) is 0 Å². The second-order valence-electron chi connectivity index (χ2n) is 7.62. The van der Waals surface area contributed by atoms with Crippen LogP contribution in [0.2, 0.25) is 0 Å². The van der Waals surface area contributed by atoms with Crippen LogP contribution in [0.15, 0.2) is 24.0 Å². The number of allylic oxidation sites excluding steroid dienone is 1. The number of esters is 1. The van der Waals surface area contributed by atoms with Crippen molar-refractivity contribution >= 4 is 5.97 Å². The van der Waals surface area contributed by atoms with E-state index in [4.69, 9.17) is 9.47 Å². The number of unbranched alkanes of at least 4 members (excludes halogenated alkanes) is 4. The number of ether oxygens (including phenoxy) is 2. The Morgan fingerprint density at radius 2 is 1.83 bits per heavy atom. The molecule has 1 heterocycles. The summed E-state index contributed by atoms with van der Waals surface area (Å²) < 4.78 is 10.7. The quantitative estimate of drug-likeness (QED) is 0.219. The van der Waals surface area contributed by atoms with Crippen LogP contribution >= 0.6 is 0 Å². The molecule has 0 amide bonds. The zero-order valence-electron chi connectivity index (χ0n) is 16.6. The lowest BCUT2D eigenvalue weighted by molar-refractivity contribution is -0.267. The largest absolute Gasteiger partial charge is 0.508 e. The van der Waals surface area contributed by atoms with Crippen molar-refractivity contribution in [2.75, 3.05) is 13.2 Å². The molecule has 29 heavy (non-hydrogen) atoms. The molecule has 1 fully saturated rings. The van der Waals surface area contributed by atoms with Crippen molar-refractivity contribution in [3.05, 3.63) is 24.0 Å². The molecule has 2 unspecified atom stereocenters. The van der Waals surface area contributed by atoms with E-state index in [1.54, 1.807) is 0 Å². The summed E-state index contributed by atoms with van der Waals surface area (Å²) in [5.41, 5.74) is -2.17. The Labute approximate surface area is 169 Å². The molecule has 2 aliphatic rings. The fourth-order valence-electron chi connectivity index (χ4n) is 3.66. The number of hydrogen-bond acceptors (Lipinski definition) is 9. The van der Waals surface area contributed by atoms with E-state index in [0.717, 1.165) is 43.9 Å². The first-order chi connectivity index (χ1) is 13.8. The zero-order valence-corrected chi connectivity index (χ0v) is 16.6. The van der Waals surface area contributed by atoms with Crippen LogP contribution in [0.1, 0.15) is 39.0 Å². The van der Waals surface area contributed by atoms with Crippen LogP contribution in [0.3, 0.4) is 0 Å². The molecule has 1 aliphatic heterocycles. The number of hydrogen-bond donors (Lipinski definition) is 6. The monoisotopic (exact) mass is 416 g/mol. The van der Waals surface area contributed by atoms with Gasteiger partial charge in [-0.15, -0.1) is 0 Å². The topological polar surface area (TPSA) is 157 Å². The van der Waals surface area contributed by atoms with Crippen molar-refractivity contribution in [1.29, 1.82) is 0 Å². The van der Waals surface area contributed by atoms with Gasteiger partial charge in [0, 0.05) is 0 Å². The van der Waals surface area contributed by atoms with Crippen LogP contribution in [0.4, 0.5) is 0 Å². The van der Waals surface area contributed by atoms with E-state index in [2.05, 4.69) is 6.92 Å². The summed E-state index contributed by atoms with van der Waals surface area (Å²) >= 11 is 0. The first-order valence-corrected chi connectivity index (χ1v) is 10.1. The highest BCUT2D eigenvalue weighted by Gasteiger charge is 2.56. The minimum atomic E-state index is -2.17. The minimum Gasteiger partial charge on any atom is -0.508 e. The van der Waals surface area contributed by atoms with E-state index in [9.17, 15) is 35.4 Å². The van der Waals surface area contributed by atoms with E-state index >= 15 is 0 Å². The Morgan fingerprint density at radius 1 is 1.14 bits per heavy atom. The normalized spacial score (nSPS) is 37.2. The predicted octanol–water partition coefficient (Wildman–Crippen LogP) is -0.299. The van der Waals surface area contributed by atoms with Crippen LogP contribution in [0.25, 0.3) is 0 Å². The van der Waals surface area contributed by atoms with Gasteiger partial charge >= 0.3 is 5.97 Å². The Bertz CT molecular complexity index is 603. The molecule has 1 aliphatic carbocycles. The van der Waals surface area contributed by atoms with Gasteiger partial charge in [0.2, 0.25) is 0 Å². The highest BCUT2D eigenvalue weighted by molar-refractivity contribution is 5.77. The Morgan fingerprint density at radius 3 is 2.48 bits per heavy atom. The molecule has 9 heteroatoms. The number of rotatable bonds is 9. The molecule has 0 spiro atoms. The van der Waals surface area contributed by atoms with Gasteiger partial charge < -0.3 is 40.1 Å². The smallest absolute Gasteiger partial charge is 0.316 e. The van der Waals surface area contributed by atoms with Gasteiger partial charge in [-0.1, -0.05) is 32.6 Å². The number of carbonyl (C=O) groups is 1. The third-order valence-corrected chi connectivity index (χ3v) is 5.45. The summed E-state index contributed by atoms with van der Waals surface area (Å²) in [5, 5.41) is 60.7. The lowest BCUT2D eigenvalue weighted by atomic mass is 9.74. The minimum absolute atomic E-state index is 0.141. The maximum Gasteiger partial charge on any atom is 0.316 e. The summed E-state index contributed by atoms with van der Waals surface area (Å²) in [6, 6.07) is 0. The van der Waals surface area contributed by atoms with Crippen molar-refractivity contribution in [3.8, 4) is 0 Å². The van der Waals surface area contributed by atoms with Gasteiger partial charge in [-0.3, -0.25) is 4.79 Å². The molecule has 0 aromatic heterocycles. The van der Waals surface area contributed by atoms with Crippen LogP contribution < -0.4 is 0 Å². The van der Waals surface area contributed by atoms with Gasteiger partial charge in [-0.2, -0.15) is 0 Å². The SMILES string of the molecule is CCCCCCCOC(=O)C1C=C(O)C=CC1(O)[C@@H]1O[C@H](CO)[C@@H](O)[C@H](O)[C@H]1O. The Balaban J connectivity index is 2.13. The van der Waals surface area contributed by atoms with Gasteiger partial charge in [0.25, 0.3) is 0 Å². The lowest BCUT2D eigenvalue weighted by Crippen LogP contribution is -2.67.